The minimum absolute atomic E-state index is 0.0409. The summed E-state index contributed by atoms with van der Waals surface area (Å²) in [6.07, 6.45) is 0.0433. The highest BCUT2D eigenvalue weighted by Crippen LogP contribution is 2.20. The van der Waals surface area contributed by atoms with Crippen LogP contribution in [0.25, 0.3) is 0 Å². The lowest BCUT2D eigenvalue weighted by Gasteiger charge is -2.07. The molecule has 0 aliphatic carbocycles. The highest BCUT2D eigenvalue weighted by molar-refractivity contribution is 5.92. The van der Waals surface area contributed by atoms with Crippen molar-refractivity contribution >= 4 is 17.3 Å². The molecule has 0 aromatic heterocycles. The zero-order chi connectivity index (χ0) is 15.4. The maximum Gasteiger partial charge on any atom is 0.269 e. The molecule has 0 bridgehead atoms. The fourth-order valence-electron chi connectivity index (χ4n) is 1.90. The number of aromatic hydroxyl groups is 1. The van der Waals surface area contributed by atoms with Gasteiger partial charge in [-0.25, -0.2) is 0 Å². The molecule has 0 fully saturated rings. The Bertz CT molecular complexity index is 698. The summed E-state index contributed by atoms with van der Waals surface area (Å²) in [7, 11) is 0. The Kier molecular flexibility index (Phi) is 4.18. The number of hydrogen-bond donors (Lipinski definition) is 2. The number of nitro groups is 1. The highest BCUT2D eigenvalue weighted by atomic mass is 16.6. The summed E-state index contributed by atoms with van der Waals surface area (Å²) < 4.78 is 0. The first-order chi connectivity index (χ1) is 9.95. The molecule has 0 saturated heterocycles. The van der Waals surface area contributed by atoms with Crippen molar-refractivity contribution in [2.45, 2.75) is 13.3 Å². The number of nitrogens with zero attached hydrogens (tertiary/aromatic N) is 1. The van der Waals surface area contributed by atoms with Gasteiger partial charge in [-0.2, -0.15) is 0 Å². The van der Waals surface area contributed by atoms with Crippen LogP contribution in [0.5, 0.6) is 5.75 Å². The van der Waals surface area contributed by atoms with Crippen LogP contribution in [0, 0.1) is 17.0 Å². The molecule has 6 heteroatoms. The summed E-state index contributed by atoms with van der Waals surface area (Å²) in [5.41, 5.74) is 1.75. The Morgan fingerprint density at radius 2 is 2.05 bits per heavy atom. The number of carbonyl (C=O) groups is 1. The normalized spacial score (nSPS) is 10.1. The summed E-state index contributed by atoms with van der Waals surface area (Å²) in [5, 5.41) is 22.8. The van der Waals surface area contributed by atoms with E-state index in [1.54, 1.807) is 31.2 Å². The molecule has 108 valence electrons. The zero-order valence-electron chi connectivity index (χ0n) is 11.4. The van der Waals surface area contributed by atoms with Crippen molar-refractivity contribution < 1.29 is 14.8 Å². The van der Waals surface area contributed by atoms with Crippen molar-refractivity contribution in [3.63, 3.8) is 0 Å². The SMILES string of the molecule is Cc1cc(NC(=O)Cc2cccc([N+](=O)[O-])c2)ccc1O. The second-order valence-electron chi connectivity index (χ2n) is 4.65. The van der Waals surface area contributed by atoms with Crippen molar-refractivity contribution in [1.29, 1.82) is 0 Å². The van der Waals surface area contributed by atoms with Gasteiger partial charge in [-0.3, -0.25) is 14.9 Å². The number of anilines is 1. The van der Waals surface area contributed by atoms with Crippen molar-refractivity contribution in [2.24, 2.45) is 0 Å². The quantitative estimate of drug-likeness (QED) is 0.513. The van der Waals surface area contributed by atoms with E-state index < -0.39 is 4.92 Å². The van der Waals surface area contributed by atoms with Crippen LogP contribution >= 0.6 is 0 Å². The van der Waals surface area contributed by atoms with Crippen LogP contribution in [0.2, 0.25) is 0 Å². The van der Waals surface area contributed by atoms with E-state index in [1.165, 1.54) is 18.2 Å². The average Bonchev–Trinajstić information content (AvgIpc) is 2.43. The predicted molar refractivity (Wildman–Crippen MR) is 78.3 cm³/mol. The van der Waals surface area contributed by atoms with Gasteiger partial charge in [-0.1, -0.05) is 12.1 Å². The van der Waals surface area contributed by atoms with Gasteiger partial charge in [0.15, 0.2) is 0 Å². The predicted octanol–water partition coefficient (Wildman–Crippen LogP) is 2.79. The Morgan fingerprint density at radius 1 is 1.29 bits per heavy atom. The van der Waals surface area contributed by atoms with Gasteiger partial charge in [0.2, 0.25) is 5.91 Å². The van der Waals surface area contributed by atoms with Crippen LogP contribution < -0.4 is 5.32 Å². The number of nitrogens with one attached hydrogen (secondary N) is 1. The third kappa shape index (κ3) is 3.79. The number of hydrogen-bond acceptors (Lipinski definition) is 4. The maximum atomic E-state index is 11.9. The van der Waals surface area contributed by atoms with Gasteiger partial charge < -0.3 is 10.4 Å². The van der Waals surface area contributed by atoms with E-state index in [9.17, 15) is 20.0 Å². The van der Waals surface area contributed by atoms with E-state index in [1.807, 2.05) is 0 Å². The lowest BCUT2D eigenvalue weighted by Crippen LogP contribution is -2.14. The third-order valence-electron chi connectivity index (χ3n) is 2.97. The third-order valence-corrected chi connectivity index (χ3v) is 2.97. The van der Waals surface area contributed by atoms with Crippen molar-refractivity contribution in [2.75, 3.05) is 5.32 Å². The van der Waals surface area contributed by atoms with Gasteiger partial charge in [-0.05, 0) is 36.2 Å². The average molecular weight is 286 g/mol. The van der Waals surface area contributed by atoms with E-state index in [2.05, 4.69) is 5.32 Å². The summed E-state index contributed by atoms with van der Waals surface area (Å²) in [6.45, 7) is 1.73. The van der Waals surface area contributed by atoms with Crippen LogP contribution in [0.4, 0.5) is 11.4 Å². The molecule has 1 amide bonds. The lowest BCUT2D eigenvalue weighted by atomic mass is 10.1. The Hall–Kier alpha value is -2.89. The van der Waals surface area contributed by atoms with Crippen LogP contribution in [0.1, 0.15) is 11.1 Å². The van der Waals surface area contributed by atoms with E-state index in [4.69, 9.17) is 0 Å². The molecule has 0 saturated carbocycles. The first-order valence-corrected chi connectivity index (χ1v) is 6.28. The van der Waals surface area contributed by atoms with Gasteiger partial charge >= 0.3 is 0 Å². The van der Waals surface area contributed by atoms with Crippen molar-refractivity contribution in [3.05, 3.63) is 63.7 Å². The fraction of sp³-hybridized carbons (Fsp3) is 0.133. The van der Waals surface area contributed by atoms with E-state index in [0.29, 0.717) is 16.8 Å². The molecule has 0 unspecified atom stereocenters. The number of phenolic OH excluding ortho intramolecular Hbond substituents is 1. The largest absolute Gasteiger partial charge is 0.508 e. The van der Waals surface area contributed by atoms with Crippen LogP contribution in [0.15, 0.2) is 42.5 Å². The molecule has 2 aromatic carbocycles. The molecule has 0 radical (unpaired) electrons. The monoisotopic (exact) mass is 286 g/mol. The number of benzene rings is 2. The van der Waals surface area contributed by atoms with Gasteiger partial charge in [0.05, 0.1) is 11.3 Å². The first kappa shape index (κ1) is 14.5. The number of amides is 1. The maximum absolute atomic E-state index is 11.9. The molecular formula is C15H14N2O4. The standard InChI is InChI=1S/C15H14N2O4/c1-10-7-12(5-6-14(10)18)16-15(19)9-11-3-2-4-13(8-11)17(20)21/h2-8,18H,9H2,1H3,(H,16,19). The molecule has 21 heavy (non-hydrogen) atoms. The highest BCUT2D eigenvalue weighted by Gasteiger charge is 2.09. The van der Waals surface area contributed by atoms with Crippen LogP contribution in [-0.4, -0.2) is 15.9 Å². The minimum Gasteiger partial charge on any atom is -0.508 e. The number of rotatable bonds is 4. The molecule has 0 heterocycles. The molecule has 2 aromatic rings. The zero-order valence-corrected chi connectivity index (χ0v) is 11.4. The van der Waals surface area contributed by atoms with Gasteiger partial charge in [0, 0.05) is 17.8 Å². The second kappa shape index (κ2) is 6.04. The lowest BCUT2D eigenvalue weighted by molar-refractivity contribution is -0.384. The minimum atomic E-state index is -0.495. The van der Waals surface area contributed by atoms with Crippen molar-refractivity contribution in [1.82, 2.24) is 0 Å². The molecule has 0 aliphatic rings. The van der Waals surface area contributed by atoms with E-state index >= 15 is 0 Å². The summed E-state index contributed by atoms with van der Waals surface area (Å²) in [4.78, 5) is 22.1. The van der Waals surface area contributed by atoms with Gasteiger partial charge in [0.25, 0.3) is 5.69 Å². The molecular weight excluding hydrogens is 272 g/mol. The fourth-order valence-corrected chi connectivity index (χ4v) is 1.90. The molecule has 2 rings (SSSR count). The van der Waals surface area contributed by atoms with Gasteiger partial charge in [-0.15, -0.1) is 0 Å². The molecule has 6 nitrogen and oxygen atoms in total. The van der Waals surface area contributed by atoms with Gasteiger partial charge in [0.1, 0.15) is 5.75 Å². The number of nitro benzene ring substituents is 1. The summed E-state index contributed by atoms with van der Waals surface area (Å²) >= 11 is 0. The summed E-state index contributed by atoms with van der Waals surface area (Å²) in [5.74, 6) is -0.118. The van der Waals surface area contributed by atoms with Crippen LogP contribution in [0.3, 0.4) is 0 Å². The molecule has 0 spiro atoms. The van der Waals surface area contributed by atoms with E-state index in [0.717, 1.165) is 0 Å². The molecule has 0 atom stereocenters. The molecule has 2 N–H and O–H groups in total. The number of non-ortho nitro benzene ring substituents is 1. The molecule has 0 aliphatic heterocycles. The number of aryl methyl sites for hydroxylation is 1. The Balaban J connectivity index is 2.06. The Morgan fingerprint density at radius 3 is 2.71 bits per heavy atom. The number of phenols is 1. The second-order valence-corrected chi connectivity index (χ2v) is 4.65. The van der Waals surface area contributed by atoms with Crippen molar-refractivity contribution in [3.8, 4) is 5.75 Å². The summed E-state index contributed by atoms with van der Waals surface area (Å²) in [6, 6.07) is 10.7. The number of carbonyl (C=O) groups excluding carboxylic acids is 1. The topological polar surface area (TPSA) is 92.5 Å². The Labute approximate surface area is 121 Å². The smallest absolute Gasteiger partial charge is 0.269 e. The van der Waals surface area contributed by atoms with Crippen LogP contribution in [-0.2, 0) is 11.2 Å². The van der Waals surface area contributed by atoms with E-state index in [-0.39, 0.29) is 23.8 Å². The first-order valence-electron chi connectivity index (χ1n) is 6.28.